The Morgan fingerprint density at radius 1 is 1.32 bits per heavy atom. The van der Waals surface area contributed by atoms with Gasteiger partial charge >= 0.3 is 6.09 Å². The van der Waals surface area contributed by atoms with Gasteiger partial charge < -0.3 is 9.64 Å². The van der Waals surface area contributed by atoms with Crippen LogP contribution in [0.1, 0.15) is 51.5 Å². The summed E-state index contributed by atoms with van der Waals surface area (Å²) in [4.78, 5) is 14.4. The van der Waals surface area contributed by atoms with E-state index in [1.165, 1.54) is 5.56 Å². The van der Waals surface area contributed by atoms with Crippen LogP contribution in [-0.2, 0) is 4.74 Å². The summed E-state index contributed by atoms with van der Waals surface area (Å²) in [6.07, 6.45) is 4.92. The Balaban J connectivity index is 2.21. The summed E-state index contributed by atoms with van der Waals surface area (Å²) in [5, 5.41) is 0. The summed E-state index contributed by atoms with van der Waals surface area (Å²) in [5.74, 6) is 0.147. The zero-order chi connectivity index (χ0) is 16.2. The monoisotopic (exact) mass is 301 g/mol. The van der Waals surface area contributed by atoms with E-state index in [0.29, 0.717) is 0 Å². The topological polar surface area (TPSA) is 29.5 Å². The molecule has 0 bridgehead atoms. The number of piperidine rings is 1. The van der Waals surface area contributed by atoms with E-state index < -0.39 is 5.60 Å². The maximum atomic E-state index is 12.5. The minimum atomic E-state index is -0.463. The number of rotatable bonds is 3. The average Bonchev–Trinajstić information content (AvgIpc) is 2.48. The molecule has 0 spiro atoms. The number of nitrogens with zero attached hydrogens (tertiary/aromatic N) is 1. The molecular weight excluding hydrogens is 274 g/mol. The fourth-order valence-electron chi connectivity index (χ4n) is 3.07. The Hall–Kier alpha value is -1.77. The van der Waals surface area contributed by atoms with Gasteiger partial charge in [-0.25, -0.2) is 4.79 Å². The summed E-state index contributed by atoms with van der Waals surface area (Å²) >= 11 is 0. The summed E-state index contributed by atoms with van der Waals surface area (Å²) in [6, 6.07) is 10.4. The standard InChI is InChI=1S/C19H27NO2/c1-5-16(15-11-7-6-8-12-15)17-13-9-10-14-20(17)18(21)22-19(2,3)4/h5-8,11-12,16-17H,1,9-10,13-14H2,2-4H3. The molecule has 2 atom stereocenters. The molecular formula is C19H27NO2. The van der Waals surface area contributed by atoms with Gasteiger partial charge in [-0.15, -0.1) is 6.58 Å². The van der Waals surface area contributed by atoms with Crippen molar-refractivity contribution in [2.45, 2.75) is 57.6 Å². The van der Waals surface area contributed by atoms with Crippen molar-refractivity contribution in [1.82, 2.24) is 4.90 Å². The molecule has 120 valence electrons. The van der Waals surface area contributed by atoms with E-state index in [4.69, 9.17) is 4.74 Å². The Labute approximate surface area is 134 Å². The Bertz CT molecular complexity index is 504. The number of ether oxygens (including phenoxy) is 1. The van der Waals surface area contributed by atoms with Crippen LogP contribution in [0.15, 0.2) is 43.0 Å². The summed E-state index contributed by atoms with van der Waals surface area (Å²) in [6.45, 7) is 10.5. The maximum Gasteiger partial charge on any atom is 0.410 e. The van der Waals surface area contributed by atoms with Crippen molar-refractivity contribution in [3.63, 3.8) is 0 Å². The molecule has 0 aliphatic carbocycles. The van der Waals surface area contributed by atoms with Crippen LogP contribution in [0.3, 0.4) is 0 Å². The van der Waals surface area contributed by atoms with Crippen LogP contribution in [0.2, 0.25) is 0 Å². The molecule has 3 heteroatoms. The van der Waals surface area contributed by atoms with Gasteiger partial charge in [0.15, 0.2) is 0 Å². The molecule has 3 nitrogen and oxygen atoms in total. The number of hydrogen-bond acceptors (Lipinski definition) is 2. The molecule has 1 saturated heterocycles. The first kappa shape index (κ1) is 16.6. The largest absolute Gasteiger partial charge is 0.444 e. The van der Waals surface area contributed by atoms with E-state index in [9.17, 15) is 4.79 Å². The molecule has 1 heterocycles. The van der Waals surface area contributed by atoms with Crippen molar-refractivity contribution >= 4 is 6.09 Å². The minimum Gasteiger partial charge on any atom is -0.444 e. The maximum absolute atomic E-state index is 12.5. The average molecular weight is 301 g/mol. The highest BCUT2D eigenvalue weighted by Crippen LogP contribution is 2.32. The fraction of sp³-hybridized carbons (Fsp3) is 0.526. The Kier molecular flexibility index (Phi) is 5.28. The number of likely N-dealkylation sites (tertiary alicyclic amines) is 1. The van der Waals surface area contributed by atoms with E-state index in [-0.39, 0.29) is 18.1 Å². The van der Waals surface area contributed by atoms with Crippen LogP contribution in [0.4, 0.5) is 4.79 Å². The number of hydrogen-bond donors (Lipinski definition) is 0. The van der Waals surface area contributed by atoms with Crippen molar-refractivity contribution in [1.29, 1.82) is 0 Å². The highest BCUT2D eigenvalue weighted by Gasteiger charge is 2.34. The first-order valence-corrected chi connectivity index (χ1v) is 8.09. The number of benzene rings is 1. The summed E-state index contributed by atoms with van der Waals surface area (Å²) in [5.41, 5.74) is 0.744. The molecule has 1 amide bonds. The molecule has 1 aliphatic heterocycles. The van der Waals surface area contributed by atoms with E-state index in [2.05, 4.69) is 18.7 Å². The van der Waals surface area contributed by atoms with Gasteiger partial charge in [0, 0.05) is 18.5 Å². The smallest absolute Gasteiger partial charge is 0.410 e. The molecule has 22 heavy (non-hydrogen) atoms. The van der Waals surface area contributed by atoms with Crippen LogP contribution in [-0.4, -0.2) is 29.2 Å². The number of carbonyl (C=O) groups is 1. The summed E-state index contributed by atoms with van der Waals surface area (Å²) in [7, 11) is 0. The highest BCUT2D eigenvalue weighted by molar-refractivity contribution is 5.69. The van der Waals surface area contributed by atoms with E-state index >= 15 is 0 Å². The van der Waals surface area contributed by atoms with Crippen molar-refractivity contribution in [3.05, 3.63) is 48.6 Å². The number of carbonyl (C=O) groups excluding carboxylic acids is 1. The van der Waals surface area contributed by atoms with Gasteiger partial charge in [0.2, 0.25) is 0 Å². The molecule has 1 aromatic carbocycles. The molecule has 1 aromatic rings. The quantitative estimate of drug-likeness (QED) is 0.754. The third-order valence-electron chi connectivity index (χ3n) is 4.03. The predicted molar refractivity (Wildman–Crippen MR) is 90.0 cm³/mol. The zero-order valence-electron chi connectivity index (χ0n) is 13.9. The summed E-state index contributed by atoms with van der Waals surface area (Å²) < 4.78 is 5.59. The molecule has 0 saturated carbocycles. The second-order valence-electron chi connectivity index (χ2n) is 6.91. The Morgan fingerprint density at radius 3 is 2.59 bits per heavy atom. The second kappa shape index (κ2) is 6.99. The lowest BCUT2D eigenvalue weighted by molar-refractivity contribution is 0.00816. The van der Waals surface area contributed by atoms with E-state index in [1.807, 2.05) is 49.9 Å². The van der Waals surface area contributed by atoms with Crippen molar-refractivity contribution in [3.8, 4) is 0 Å². The number of amides is 1. The highest BCUT2D eigenvalue weighted by atomic mass is 16.6. The second-order valence-corrected chi connectivity index (χ2v) is 6.91. The first-order chi connectivity index (χ1) is 10.4. The lowest BCUT2D eigenvalue weighted by Gasteiger charge is -2.40. The van der Waals surface area contributed by atoms with Crippen LogP contribution in [0.25, 0.3) is 0 Å². The molecule has 1 aliphatic rings. The zero-order valence-corrected chi connectivity index (χ0v) is 13.9. The predicted octanol–water partition coefficient (Wildman–Crippen LogP) is 4.75. The SMILES string of the molecule is C=CC(c1ccccc1)C1CCCCN1C(=O)OC(C)(C)C. The Morgan fingerprint density at radius 2 is 2.00 bits per heavy atom. The first-order valence-electron chi connectivity index (χ1n) is 8.09. The van der Waals surface area contributed by atoms with E-state index in [1.54, 1.807) is 0 Å². The minimum absolute atomic E-state index is 0.128. The van der Waals surface area contributed by atoms with Gasteiger partial charge in [0.05, 0.1) is 0 Å². The van der Waals surface area contributed by atoms with Crippen LogP contribution in [0, 0.1) is 0 Å². The third-order valence-corrected chi connectivity index (χ3v) is 4.03. The van der Waals surface area contributed by atoms with Gasteiger partial charge in [-0.05, 0) is 45.6 Å². The fourth-order valence-corrected chi connectivity index (χ4v) is 3.07. The van der Waals surface area contributed by atoms with Crippen LogP contribution >= 0.6 is 0 Å². The lowest BCUT2D eigenvalue weighted by Crippen LogP contribution is -2.48. The van der Waals surface area contributed by atoms with Crippen molar-refractivity contribution < 1.29 is 9.53 Å². The van der Waals surface area contributed by atoms with Crippen molar-refractivity contribution in [2.75, 3.05) is 6.54 Å². The molecule has 1 fully saturated rings. The molecule has 2 unspecified atom stereocenters. The van der Waals surface area contributed by atoms with Crippen molar-refractivity contribution in [2.24, 2.45) is 0 Å². The normalized spacial score (nSPS) is 20.3. The lowest BCUT2D eigenvalue weighted by atomic mass is 9.85. The van der Waals surface area contributed by atoms with Gasteiger partial charge in [-0.2, -0.15) is 0 Å². The van der Waals surface area contributed by atoms with E-state index in [0.717, 1.165) is 25.8 Å². The van der Waals surface area contributed by atoms with Crippen LogP contribution < -0.4 is 0 Å². The van der Waals surface area contributed by atoms with Gasteiger partial charge in [0.1, 0.15) is 5.60 Å². The van der Waals surface area contributed by atoms with Gasteiger partial charge in [-0.3, -0.25) is 0 Å². The molecule has 0 aromatic heterocycles. The molecule has 2 rings (SSSR count). The molecule has 0 radical (unpaired) electrons. The van der Waals surface area contributed by atoms with Gasteiger partial charge in [-0.1, -0.05) is 36.4 Å². The van der Waals surface area contributed by atoms with Crippen LogP contribution in [0.5, 0.6) is 0 Å². The molecule has 0 N–H and O–H groups in total. The third kappa shape index (κ3) is 4.12. The van der Waals surface area contributed by atoms with Gasteiger partial charge in [0.25, 0.3) is 0 Å².